The number of halogens is 2. The Morgan fingerprint density at radius 3 is 2.62 bits per heavy atom. The van der Waals surface area contributed by atoms with Crippen LogP contribution in [0.2, 0.25) is 0 Å². The quantitative estimate of drug-likeness (QED) is 0.789. The van der Waals surface area contributed by atoms with Gasteiger partial charge in [0.25, 0.3) is 0 Å². The molecule has 1 unspecified atom stereocenters. The first kappa shape index (κ1) is 19.6. The first-order valence-corrected chi connectivity index (χ1v) is 9.64. The third kappa shape index (κ3) is 3.23. The van der Waals surface area contributed by atoms with Crippen LogP contribution in [0.4, 0.5) is 19.3 Å². The van der Waals surface area contributed by atoms with Crippen molar-refractivity contribution in [2.45, 2.75) is 26.3 Å². The molecule has 2 saturated heterocycles. The smallest absolute Gasteiger partial charge is 0.449 e. The normalized spacial score (nSPS) is 22.1. The minimum Gasteiger partial charge on any atom is -0.449 e. The zero-order valence-corrected chi connectivity index (χ0v) is 16.4. The van der Waals surface area contributed by atoms with E-state index in [4.69, 9.17) is 5.11 Å². The summed E-state index contributed by atoms with van der Waals surface area (Å²) in [5.41, 5.74) is -0.994. The fourth-order valence-corrected chi connectivity index (χ4v) is 4.77. The summed E-state index contributed by atoms with van der Waals surface area (Å²) < 4.78 is 36.4. The summed E-state index contributed by atoms with van der Waals surface area (Å²) in [6.45, 7) is 4.95. The number of pyridine rings is 1. The third-order valence-electron chi connectivity index (χ3n) is 6.12. The van der Waals surface area contributed by atoms with Crippen LogP contribution in [0, 0.1) is 17.0 Å². The van der Waals surface area contributed by atoms with Crippen LogP contribution in [-0.4, -0.2) is 54.0 Å². The Hall–Kier alpha value is -2.68. The summed E-state index contributed by atoms with van der Waals surface area (Å²) in [6.07, 6.45) is 1.35. The molecular weight excluding hydrogens is 384 g/mol. The molecule has 4 rings (SSSR count). The number of fused-ring (bicyclic) bond motifs is 1. The molecule has 0 saturated carbocycles. The molecule has 2 aliphatic rings. The van der Waals surface area contributed by atoms with Crippen molar-refractivity contribution in [1.29, 1.82) is 0 Å². The number of anilines is 1. The molecule has 1 aromatic heterocycles. The number of benzene rings is 1. The number of aromatic nitrogens is 1. The predicted octanol–water partition coefficient (Wildman–Crippen LogP) is 2.89. The fraction of sp³-hybridized carbons (Fsp3) is 0.500. The largest absolute Gasteiger partial charge is 0.511 e. The van der Waals surface area contributed by atoms with E-state index in [-0.39, 0.29) is 28.6 Å². The van der Waals surface area contributed by atoms with E-state index in [0.29, 0.717) is 13.1 Å². The minimum atomic E-state index is -1.66. The van der Waals surface area contributed by atoms with Crippen molar-refractivity contribution in [1.82, 2.24) is 9.47 Å². The average Bonchev–Trinajstić information content (AvgIpc) is 3.23. The molecule has 9 heteroatoms. The third-order valence-corrected chi connectivity index (χ3v) is 6.12. The van der Waals surface area contributed by atoms with E-state index in [1.165, 1.54) is 4.57 Å². The lowest BCUT2D eigenvalue weighted by Gasteiger charge is -2.26. The van der Waals surface area contributed by atoms with Crippen LogP contribution in [0.25, 0.3) is 10.9 Å². The zero-order chi connectivity index (χ0) is 20.9. The Morgan fingerprint density at radius 1 is 1.28 bits per heavy atom. The molecule has 1 aromatic carbocycles. The van der Waals surface area contributed by atoms with Crippen LogP contribution in [0.1, 0.15) is 19.8 Å². The summed E-state index contributed by atoms with van der Waals surface area (Å²) in [5, 5.41) is 8.58. The molecule has 1 spiro atoms. The number of aryl methyl sites for hydroxylation is 1. The number of hydrogen-bond donors (Lipinski definition) is 1. The summed E-state index contributed by atoms with van der Waals surface area (Å²) >= 11 is 0. The number of ether oxygens (including phenoxy) is 1. The SMILES string of the molecule is CCn1cc(OC(=O)O)c(=O)c2cc(F)c(N3CCC4(CCN(C)C4)C3)c(F)c21. The van der Waals surface area contributed by atoms with E-state index in [1.54, 1.807) is 11.8 Å². The maximum atomic E-state index is 15.5. The second-order valence-corrected chi connectivity index (χ2v) is 8.05. The predicted molar refractivity (Wildman–Crippen MR) is 104 cm³/mol. The van der Waals surface area contributed by atoms with Crippen molar-refractivity contribution < 1.29 is 23.4 Å². The highest BCUT2D eigenvalue weighted by Gasteiger charge is 2.43. The van der Waals surface area contributed by atoms with Crippen LogP contribution in [0.15, 0.2) is 17.1 Å². The van der Waals surface area contributed by atoms with E-state index in [0.717, 1.165) is 38.2 Å². The molecule has 2 fully saturated rings. The molecule has 1 N–H and O–H groups in total. The van der Waals surface area contributed by atoms with Crippen LogP contribution in [0.5, 0.6) is 5.75 Å². The topological polar surface area (TPSA) is 75.0 Å². The maximum Gasteiger partial charge on any atom is 0.511 e. The number of carbonyl (C=O) groups is 1. The molecule has 0 amide bonds. The molecule has 0 aliphatic carbocycles. The first-order chi connectivity index (χ1) is 13.7. The first-order valence-electron chi connectivity index (χ1n) is 9.64. The van der Waals surface area contributed by atoms with Crippen LogP contribution in [0.3, 0.4) is 0 Å². The van der Waals surface area contributed by atoms with E-state index in [9.17, 15) is 14.0 Å². The van der Waals surface area contributed by atoms with Crippen LogP contribution < -0.4 is 15.1 Å². The van der Waals surface area contributed by atoms with Gasteiger partial charge in [0.1, 0.15) is 11.5 Å². The zero-order valence-electron chi connectivity index (χ0n) is 16.4. The molecule has 0 radical (unpaired) electrons. The van der Waals surface area contributed by atoms with Crippen LogP contribution in [-0.2, 0) is 6.54 Å². The summed E-state index contributed by atoms with van der Waals surface area (Å²) in [6, 6.07) is 0.989. The molecule has 2 aliphatic heterocycles. The second-order valence-electron chi connectivity index (χ2n) is 8.05. The number of rotatable bonds is 3. The molecule has 156 valence electrons. The Kier molecular flexibility index (Phi) is 4.72. The van der Waals surface area contributed by atoms with Crippen LogP contribution >= 0.6 is 0 Å². The van der Waals surface area contributed by atoms with Gasteiger partial charge in [-0.25, -0.2) is 13.6 Å². The molecule has 29 heavy (non-hydrogen) atoms. The number of nitrogens with zero attached hydrogens (tertiary/aromatic N) is 3. The van der Waals surface area contributed by atoms with Gasteiger partial charge in [-0.05, 0) is 39.4 Å². The Bertz CT molecular complexity index is 1050. The molecule has 3 heterocycles. The number of likely N-dealkylation sites (tertiary alicyclic amines) is 1. The van der Waals surface area contributed by atoms with E-state index < -0.39 is 29.0 Å². The summed E-state index contributed by atoms with van der Waals surface area (Å²) in [4.78, 5) is 27.4. The summed E-state index contributed by atoms with van der Waals surface area (Å²) in [7, 11) is 2.05. The molecular formula is C20H23F2N3O4. The van der Waals surface area contributed by atoms with Crippen molar-refractivity contribution >= 4 is 22.7 Å². The standard InChI is InChI=1S/C20H23F2N3O4/c1-3-24-9-14(29-19(27)28)18(26)12-8-13(21)17(15(22)16(12)24)25-7-5-20(11-25)4-6-23(2)10-20/h8-9H,3-7,10-11H2,1-2H3,(H,27,28). The fourth-order valence-electron chi connectivity index (χ4n) is 4.77. The lowest BCUT2D eigenvalue weighted by atomic mass is 9.86. The van der Waals surface area contributed by atoms with Gasteiger partial charge in [0.15, 0.2) is 11.6 Å². The lowest BCUT2D eigenvalue weighted by molar-refractivity contribution is 0.144. The van der Waals surface area contributed by atoms with Gasteiger partial charge >= 0.3 is 6.16 Å². The van der Waals surface area contributed by atoms with Gasteiger partial charge in [-0.1, -0.05) is 0 Å². The molecule has 1 atom stereocenters. The van der Waals surface area contributed by atoms with Gasteiger partial charge in [0.05, 0.1) is 17.1 Å². The lowest BCUT2D eigenvalue weighted by Crippen LogP contribution is -2.30. The molecule has 7 nitrogen and oxygen atoms in total. The Balaban J connectivity index is 1.83. The van der Waals surface area contributed by atoms with Gasteiger partial charge in [-0.3, -0.25) is 4.79 Å². The minimum absolute atomic E-state index is 0.0339. The highest BCUT2D eigenvalue weighted by atomic mass is 19.1. The van der Waals surface area contributed by atoms with Crippen molar-refractivity contribution in [2.24, 2.45) is 5.41 Å². The monoisotopic (exact) mass is 407 g/mol. The van der Waals surface area contributed by atoms with E-state index in [2.05, 4.69) is 9.64 Å². The van der Waals surface area contributed by atoms with Crippen molar-refractivity contribution in [3.05, 3.63) is 34.1 Å². The number of hydrogen-bond acceptors (Lipinski definition) is 5. The Morgan fingerprint density at radius 2 is 2.00 bits per heavy atom. The van der Waals surface area contributed by atoms with Gasteiger partial charge < -0.3 is 24.2 Å². The highest BCUT2D eigenvalue weighted by Crippen LogP contribution is 2.42. The maximum absolute atomic E-state index is 15.5. The van der Waals surface area contributed by atoms with Crippen molar-refractivity contribution in [3.63, 3.8) is 0 Å². The van der Waals surface area contributed by atoms with Gasteiger partial charge in [0, 0.05) is 31.6 Å². The molecule has 0 bridgehead atoms. The van der Waals surface area contributed by atoms with E-state index >= 15 is 4.39 Å². The highest BCUT2D eigenvalue weighted by molar-refractivity contribution is 5.85. The number of carboxylic acid groups (broad SMARTS) is 1. The van der Waals surface area contributed by atoms with Gasteiger partial charge in [-0.2, -0.15) is 0 Å². The molecule has 2 aromatic rings. The second kappa shape index (κ2) is 6.98. The van der Waals surface area contributed by atoms with Crippen molar-refractivity contribution in [3.8, 4) is 5.75 Å². The average molecular weight is 407 g/mol. The van der Waals surface area contributed by atoms with Gasteiger partial charge in [0.2, 0.25) is 5.43 Å². The van der Waals surface area contributed by atoms with Crippen molar-refractivity contribution in [2.75, 3.05) is 38.1 Å². The van der Waals surface area contributed by atoms with Gasteiger partial charge in [-0.15, -0.1) is 0 Å². The Labute approximate surface area is 166 Å². The summed E-state index contributed by atoms with van der Waals surface area (Å²) in [5.74, 6) is -2.11. The van der Waals surface area contributed by atoms with E-state index in [1.807, 2.05) is 7.05 Å².